The summed E-state index contributed by atoms with van der Waals surface area (Å²) in [6, 6.07) is 0. The van der Waals surface area contributed by atoms with E-state index in [1.807, 2.05) is 20.8 Å². The van der Waals surface area contributed by atoms with Crippen molar-refractivity contribution in [1.82, 2.24) is 9.59 Å². The number of rotatable bonds is 3. The van der Waals surface area contributed by atoms with Gasteiger partial charge in [0.05, 0.1) is 10.9 Å². The maximum absolute atomic E-state index is 12.7. The molecule has 1 aromatic rings. The third-order valence-electron chi connectivity index (χ3n) is 4.02. The minimum atomic E-state index is -3.08. The minimum Gasteiger partial charge on any atom is -0.293 e. The van der Waals surface area contributed by atoms with Gasteiger partial charge < -0.3 is 0 Å². The summed E-state index contributed by atoms with van der Waals surface area (Å²) in [7, 11) is -3.08. The highest BCUT2D eigenvalue weighted by atomic mass is 32.2. The fraction of sp³-hybridized carbons (Fsp3) is 0.786. The van der Waals surface area contributed by atoms with Crippen molar-refractivity contribution in [1.29, 1.82) is 0 Å². The molecule has 1 fully saturated rings. The van der Waals surface area contributed by atoms with Crippen molar-refractivity contribution >= 4 is 27.2 Å². The van der Waals surface area contributed by atoms with Gasteiger partial charge in [0.15, 0.2) is 5.78 Å². The molecule has 2 unspecified atom stereocenters. The normalized spacial score (nSPS) is 24.0. The summed E-state index contributed by atoms with van der Waals surface area (Å²) in [6.07, 6.45) is 3.89. The first-order valence-electron chi connectivity index (χ1n) is 7.16. The largest absolute Gasteiger partial charge is 0.293 e. The summed E-state index contributed by atoms with van der Waals surface area (Å²) < 4.78 is 27.4. The third kappa shape index (κ3) is 3.69. The van der Waals surface area contributed by atoms with Crippen LogP contribution in [0.4, 0.5) is 0 Å². The summed E-state index contributed by atoms with van der Waals surface area (Å²) in [5, 5.41) is 3.71. The number of hydrogen-bond acceptors (Lipinski definition) is 6. The third-order valence-corrected chi connectivity index (χ3v) is 6.40. The van der Waals surface area contributed by atoms with Crippen LogP contribution >= 0.6 is 11.5 Å². The van der Waals surface area contributed by atoms with Gasteiger partial charge in [0.2, 0.25) is 0 Å². The number of carbonyl (C=O) groups is 1. The zero-order valence-corrected chi connectivity index (χ0v) is 14.6. The van der Waals surface area contributed by atoms with E-state index in [2.05, 4.69) is 9.59 Å². The summed E-state index contributed by atoms with van der Waals surface area (Å²) in [5.74, 6) is -0.204. The zero-order chi connectivity index (χ0) is 15.8. The van der Waals surface area contributed by atoms with Crippen LogP contribution in [0.5, 0.6) is 0 Å². The van der Waals surface area contributed by atoms with Gasteiger partial charge in [-0.3, -0.25) is 4.79 Å². The van der Waals surface area contributed by atoms with Crippen molar-refractivity contribution in [3.63, 3.8) is 0 Å². The molecule has 0 saturated heterocycles. The maximum atomic E-state index is 12.7. The van der Waals surface area contributed by atoms with Gasteiger partial charge in [0, 0.05) is 17.6 Å². The molecule has 21 heavy (non-hydrogen) atoms. The highest BCUT2D eigenvalue weighted by Gasteiger charge is 2.36. The molecule has 1 saturated carbocycles. The van der Waals surface area contributed by atoms with E-state index in [0.29, 0.717) is 17.7 Å². The van der Waals surface area contributed by atoms with Crippen molar-refractivity contribution < 1.29 is 13.2 Å². The van der Waals surface area contributed by atoms with Gasteiger partial charge in [-0.05, 0) is 30.8 Å². The van der Waals surface area contributed by atoms with E-state index < -0.39 is 9.84 Å². The van der Waals surface area contributed by atoms with E-state index >= 15 is 0 Å². The highest BCUT2D eigenvalue weighted by molar-refractivity contribution is 7.91. The van der Waals surface area contributed by atoms with E-state index in [-0.39, 0.29) is 22.4 Å². The first-order valence-corrected chi connectivity index (χ1v) is 9.89. The molecule has 1 aliphatic rings. The molecular weight excluding hydrogens is 308 g/mol. The summed E-state index contributed by atoms with van der Waals surface area (Å²) in [6.45, 7) is 6.00. The second-order valence-corrected chi connectivity index (χ2v) is 9.96. The fourth-order valence-electron chi connectivity index (χ4n) is 2.80. The van der Waals surface area contributed by atoms with Crippen molar-refractivity contribution in [2.45, 2.75) is 57.1 Å². The average Bonchev–Trinajstić information content (AvgIpc) is 2.86. The van der Waals surface area contributed by atoms with Crippen molar-refractivity contribution in [2.24, 2.45) is 5.92 Å². The lowest BCUT2D eigenvalue weighted by Crippen LogP contribution is -2.31. The van der Waals surface area contributed by atoms with Crippen LogP contribution in [0.3, 0.4) is 0 Å². The van der Waals surface area contributed by atoms with Gasteiger partial charge in [-0.15, -0.1) is 5.10 Å². The van der Waals surface area contributed by atoms with E-state index in [1.165, 1.54) is 6.26 Å². The summed E-state index contributed by atoms with van der Waals surface area (Å²) in [5.41, 5.74) is 0.488. The van der Waals surface area contributed by atoms with Gasteiger partial charge in [-0.1, -0.05) is 31.7 Å². The standard InChI is InChI=1S/C14H22N2O3S2/c1-14(2,3)13-12(20-16-15-13)11(17)9-6-5-7-10(8-9)21(4,18)19/h9-10H,5-8H2,1-4H3. The predicted octanol–water partition coefficient (Wildman–Crippen LogP) is 2.62. The maximum Gasteiger partial charge on any atom is 0.179 e. The first kappa shape index (κ1) is 16.5. The SMILES string of the molecule is CC(C)(C)c1nnsc1C(=O)C1CCCC(S(C)(=O)=O)C1. The molecule has 5 nitrogen and oxygen atoms in total. The molecule has 1 aliphatic carbocycles. The quantitative estimate of drug-likeness (QED) is 0.796. The highest BCUT2D eigenvalue weighted by Crippen LogP contribution is 2.34. The fourth-order valence-corrected chi connectivity index (χ4v) is 4.87. The molecule has 1 heterocycles. The number of aromatic nitrogens is 2. The van der Waals surface area contributed by atoms with E-state index in [1.54, 1.807) is 0 Å². The van der Waals surface area contributed by atoms with Crippen molar-refractivity contribution in [3.8, 4) is 0 Å². The molecule has 2 rings (SSSR count). The second kappa shape index (κ2) is 5.76. The van der Waals surface area contributed by atoms with Crippen LogP contribution in [0.1, 0.15) is 61.8 Å². The Bertz CT molecular complexity index is 629. The van der Waals surface area contributed by atoms with Crippen molar-refractivity contribution in [3.05, 3.63) is 10.6 Å². The molecule has 0 radical (unpaired) electrons. The molecule has 0 aliphatic heterocycles. The topological polar surface area (TPSA) is 77.0 Å². The number of Topliss-reactive ketones (excluding diaryl/α,β-unsaturated/α-hetero) is 1. The summed E-state index contributed by atoms with van der Waals surface area (Å²) >= 11 is 1.13. The second-order valence-electron chi connectivity index (χ2n) is 6.88. The molecule has 0 bridgehead atoms. The van der Waals surface area contributed by atoms with Crippen LogP contribution < -0.4 is 0 Å². The lowest BCUT2D eigenvalue weighted by Gasteiger charge is -2.27. The van der Waals surface area contributed by atoms with Crippen LogP contribution in [0.15, 0.2) is 0 Å². The van der Waals surface area contributed by atoms with Crippen LogP contribution in [-0.2, 0) is 15.3 Å². The predicted molar refractivity (Wildman–Crippen MR) is 83.5 cm³/mol. The number of ketones is 1. The van der Waals surface area contributed by atoms with Crippen LogP contribution in [0.2, 0.25) is 0 Å². The number of hydrogen-bond donors (Lipinski definition) is 0. The van der Waals surface area contributed by atoms with Gasteiger partial charge in [-0.2, -0.15) is 0 Å². The Morgan fingerprint density at radius 1 is 1.29 bits per heavy atom. The molecule has 118 valence electrons. The molecule has 0 N–H and O–H groups in total. The van der Waals surface area contributed by atoms with E-state index in [9.17, 15) is 13.2 Å². The van der Waals surface area contributed by atoms with E-state index in [4.69, 9.17) is 0 Å². The smallest absolute Gasteiger partial charge is 0.179 e. The number of nitrogens with zero attached hydrogens (tertiary/aromatic N) is 2. The molecule has 0 aromatic carbocycles. The first-order chi connectivity index (χ1) is 9.60. The lowest BCUT2D eigenvalue weighted by atomic mass is 9.83. The summed E-state index contributed by atoms with van der Waals surface area (Å²) in [4.78, 5) is 13.3. The number of carbonyl (C=O) groups excluding carboxylic acids is 1. The molecule has 2 atom stereocenters. The Hall–Kier alpha value is -0.820. The minimum absolute atomic E-state index is 0.0169. The molecule has 1 aromatic heterocycles. The van der Waals surface area contributed by atoms with Crippen LogP contribution in [0, 0.1) is 5.92 Å². The Kier molecular flexibility index (Phi) is 4.54. The molecule has 7 heteroatoms. The van der Waals surface area contributed by atoms with Crippen LogP contribution in [0.25, 0.3) is 0 Å². The molecular formula is C14H22N2O3S2. The number of sulfone groups is 1. The Morgan fingerprint density at radius 2 is 1.95 bits per heavy atom. The molecule has 0 spiro atoms. The lowest BCUT2D eigenvalue weighted by molar-refractivity contribution is 0.0892. The van der Waals surface area contributed by atoms with Crippen LogP contribution in [-0.4, -0.2) is 35.3 Å². The van der Waals surface area contributed by atoms with E-state index in [0.717, 1.165) is 30.1 Å². The van der Waals surface area contributed by atoms with Gasteiger partial charge in [-0.25, -0.2) is 8.42 Å². The Balaban J connectivity index is 2.23. The van der Waals surface area contributed by atoms with Gasteiger partial charge in [0.25, 0.3) is 0 Å². The van der Waals surface area contributed by atoms with Gasteiger partial charge in [0.1, 0.15) is 14.7 Å². The average molecular weight is 330 g/mol. The van der Waals surface area contributed by atoms with Crippen molar-refractivity contribution in [2.75, 3.05) is 6.26 Å². The van der Waals surface area contributed by atoms with Gasteiger partial charge >= 0.3 is 0 Å². The Morgan fingerprint density at radius 3 is 2.52 bits per heavy atom. The monoisotopic (exact) mass is 330 g/mol. The Labute approximate surface area is 130 Å². The zero-order valence-electron chi connectivity index (χ0n) is 12.9. The molecule has 0 amide bonds.